The smallest absolute Gasteiger partial charge is 0.263 e. The van der Waals surface area contributed by atoms with Crippen LogP contribution in [0.2, 0.25) is 0 Å². The number of fused-ring (bicyclic) bond motifs is 3. The molecular formula is C28H29N3O2S2. The van der Waals surface area contributed by atoms with Crippen LogP contribution in [-0.2, 0) is 24.2 Å². The molecule has 180 valence electrons. The van der Waals surface area contributed by atoms with Gasteiger partial charge in [0.25, 0.3) is 5.56 Å². The Bertz CT molecular complexity index is 1390. The Hall–Kier alpha value is -2.90. The van der Waals surface area contributed by atoms with E-state index in [4.69, 9.17) is 4.98 Å². The van der Waals surface area contributed by atoms with Crippen LogP contribution >= 0.6 is 23.1 Å². The fraction of sp³-hybridized carbons (Fsp3) is 0.321. The van der Waals surface area contributed by atoms with Crippen molar-refractivity contribution in [1.82, 2.24) is 9.55 Å². The molecule has 1 amide bonds. The van der Waals surface area contributed by atoms with Crippen molar-refractivity contribution in [3.63, 3.8) is 0 Å². The van der Waals surface area contributed by atoms with Crippen molar-refractivity contribution >= 4 is 44.9 Å². The van der Waals surface area contributed by atoms with E-state index >= 15 is 0 Å². The van der Waals surface area contributed by atoms with Crippen LogP contribution < -0.4 is 10.5 Å². The molecule has 0 saturated carbocycles. The fourth-order valence-electron chi connectivity index (χ4n) is 4.75. The van der Waals surface area contributed by atoms with E-state index in [0.717, 1.165) is 40.7 Å². The number of para-hydroxylation sites is 1. The summed E-state index contributed by atoms with van der Waals surface area (Å²) in [6, 6.07) is 19.7. The van der Waals surface area contributed by atoms with Crippen molar-refractivity contribution in [3.05, 3.63) is 87.0 Å². The molecular weight excluding hydrogens is 474 g/mol. The van der Waals surface area contributed by atoms with Gasteiger partial charge in [-0.05, 0) is 62.8 Å². The fourth-order valence-corrected chi connectivity index (χ4v) is 6.91. The third-order valence-corrected chi connectivity index (χ3v) is 8.51. The number of thioether (sulfide) groups is 1. The summed E-state index contributed by atoms with van der Waals surface area (Å²) in [7, 11) is 0. The zero-order chi connectivity index (χ0) is 24.4. The van der Waals surface area contributed by atoms with Crippen molar-refractivity contribution in [2.24, 2.45) is 0 Å². The number of nitrogens with zero attached hydrogens (tertiary/aromatic N) is 3. The first-order chi connectivity index (χ1) is 17.0. The standard InChI is InChI=1S/C28H29N3O2S2/c1-19(2)31(21-13-7-4-8-14-21)24(32)18-34-28-29-26-25(22-15-9-10-16-23(22)35-26)27(33)30(28)17-20-11-5-3-6-12-20/h3-8,11-14,19H,9-10,15-18H2,1-2H3. The molecule has 35 heavy (non-hydrogen) atoms. The average molecular weight is 504 g/mol. The van der Waals surface area contributed by atoms with Gasteiger partial charge in [0.2, 0.25) is 5.91 Å². The minimum absolute atomic E-state index is 0.00211. The van der Waals surface area contributed by atoms with Crippen LogP contribution in [0, 0.1) is 0 Å². The van der Waals surface area contributed by atoms with E-state index in [2.05, 4.69) is 0 Å². The number of hydrogen-bond donors (Lipinski definition) is 0. The second-order valence-corrected chi connectivity index (χ2v) is 11.2. The number of amides is 1. The van der Waals surface area contributed by atoms with Crippen LogP contribution in [0.5, 0.6) is 0 Å². The van der Waals surface area contributed by atoms with E-state index in [9.17, 15) is 9.59 Å². The van der Waals surface area contributed by atoms with Gasteiger partial charge in [-0.25, -0.2) is 4.98 Å². The predicted molar refractivity (Wildman–Crippen MR) is 146 cm³/mol. The van der Waals surface area contributed by atoms with Gasteiger partial charge in [0, 0.05) is 16.6 Å². The van der Waals surface area contributed by atoms with Crippen LogP contribution in [0.3, 0.4) is 0 Å². The maximum absolute atomic E-state index is 13.8. The monoisotopic (exact) mass is 503 g/mol. The number of anilines is 1. The second kappa shape index (κ2) is 10.4. The Labute approximate surface area is 213 Å². The number of carbonyl (C=O) groups is 1. The van der Waals surface area contributed by atoms with E-state index in [1.165, 1.54) is 28.6 Å². The van der Waals surface area contributed by atoms with Gasteiger partial charge < -0.3 is 4.90 Å². The minimum atomic E-state index is 0.00211. The van der Waals surface area contributed by atoms with Gasteiger partial charge in [-0.15, -0.1) is 11.3 Å². The number of aromatic nitrogens is 2. The highest BCUT2D eigenvalue weighted by Gasteiger charge is 2.24. The Kier molecular flexibility index (Phi) is 7.07. The SMILES string of the molecule is CC(C)N(C(=O)CSc1nc2sc3c(c2c(=O)n1Cc1ccccc1)CCCC3)c1ccccc1. The van der Waals surface area contributed by atoms with Crippen molar-refractivity contribution < 1.29 is 4.79 Å². The van der Waals surface area contributed by atoms with E-state index in [0.29, 0.717) is 11.7 Å². The Morgan fingerprint density at radius 2 is 1.74 bits per heavy atom. The van der Waals surface area contributed by atoms with Crippen LogP contribution in [0.15, 0.2) is 70.6 Å². The topological polar surface area (TPSA) is 55.2 Å². The maximum atomic E-state index is 13.8. The molecule has 2 aromatic carbocycles. The van der Waals surface area contributed by atoms with Gasteiger partial charge in [0.1, 0.15) is 4.83 Å². The normalized spacial score (nSPS) is 13.2. The molecule has 2 heterocycles. The largest absolute Gasteiger partial charge is 0.309 e. The number of benzene rings is 2. The number of rotatable bonds is 7. The first-order valence-electron chi connectivity index (χ1n) is 12.1. The average Bonchev–Trinajstić information content (AvgIpc) is 3.24. The summed E-state index contributed by atoms with van der Waals surface area (Å²) in [6.45, 7) is 4.47. The molecule has 5 rings (SSSR count). The van der Waals surface area contributed by atoms with E-state index < -0.39 is 0 Å². The maximum Gasteiger partial charge on any atom is 0.263 e. The van der Waals surface area contributed by atoms with E-state index in [1.54, 1.807) is 15.9 Å². The number of hydrogen-bond acceptors (Lipinski definition) is 5. The summed E-state index contributed by atoms with van der Waals surface area (Å²) in [5.41, 5.74) is 3.13. The van der Waals surface area contributed by atoms with Gasteiger partial charge in [0.15, 0.2) is 5.16 Å². The lowest BCUT2D eigenvalue weighted by Gasteiger charge is -2.27. The molecule has 0 atom stereocenters. The molecule has 0 fully saturated rings. The van der Waals surface area contributed by atoms with Crippen LogP contribution in [0.4, 0.5) is 5.69 Å². The molecule has 0 spiro atoms. The molecule has 4 aromatic rings. The summed E-state index contributed by atoms with van der Waals surface area (Å²) in [5, 5.41) is 1.39. The second-order valence-electron chi connectivity index (χ2n) is 9.14. The molecule has 5 nitrogen and oxygen atoms in total. The highest BCUT2D eigenvalue weighted by Crippen LogP contribution is 2.35. The third kappa shape index (κ3) is 4.93. The molecule has 0 N–H and O–H groups in total. The lowest BCUT2D eigenvalue weighted by atomic mass is 9.97. The highest BCUT2D eigenvalue weighted by atomic mass is 32.2. The predicted octanol–water partition coefficient (Wildman–Crippen LogP) is 5.92. The Morgan fingerprint density at radius 3 is 2.46 bits per heavy atom. The van der Waals surface area contributed by atoms with Gasteiger partial charge in [-0.2, -0.15) is 0 Å². The van der Waals surface area contributed by atoms with Crippen LogP contribution in [0.25, 0.3) is 10.2 Å². The van der Waals surface area contributed by atoms with Gasteiger partial charge >= 0.3 is 0 Å². The van der Waals surface area contributed by atoms with E-state index in [1.807, 2.05) is 79.4 Å². The summed E-state index contributed by atoms with van der Waals surface area (Å²) in [5.74, 6) is 0.215. The lowest BCUT2D eigenvalue weighted by molar-refractivity contribution is -0.116. The molecule has 0 aliphatic heterocycles. The zero-order valence-corrected chi connectivity index (χ0v) is 21.7. The molecule has 0 saturated heterocycles. The van der Waals surface area contributed by atoms with Crippen molar-refractivity contribution in [1.29, 1.82) is 0 Å². The van der Waals surface area contributed by atoms with Gasteiger partial charge in [-0.3, -0.25) is 14.2 Å². The van der Waals surface area contributed by atoms with Crippen LogP contribution in [0.1, 0.15) is 42.7 Å². The Morgan fingerprint density at radius 1 is 1.06 bits per heavy atom. The van der Waals surface area contributed by atoms with Crippen molar-refractivity contribution in [2.75, 3.05) is 10.7 Å². The van der Waals surface area contributed by atoms with Gasteiger partial charge in [-0.1, -0.05) is 60.3 Å². The summed E-state index contributed by atoms with van der Waals surface area (Å²) >= 11 is 3.01. The molecule has 7 heteroatoms. The van der Waals surface area contributed by atoms with Crippen LogP contribution in [-0.4, -0.2) is 27.3 Å². The summed E-state index contributed by atoms with van der Waals surface area (Å²) < 4.78 is 1.76. The first-order valence-corrected chi connectivity index (χ1v) is 13.9. The number of carbonyl (C=O) groups excluding carboxylic acids is 1. The van der Waals surface area contributed by atoms with E-state index in [-0.39, 0.29) is 23.3 Å². The molecule has 0 bridgehead atoms. The first kappa shape index (κ1) is 23.8. The molecule has 2 aromatic heterocycles. The highest BCUT2D eigenvalue weighted by molar-refractivity contribution is 7.99. The molecule has 0 radical (unpaired) electrons. The number of aryl methyl sites for hydroxylation is 2. The Balaban J connectivity index is 1.51. The summed E-state index contributed by atoms with van der Waals surface area (Å²) in [4.78, 5) is 36.0. The molecule has 1 aliphatic carbocycles. The minimum Gasteiger partial charge on any atom is -0.309 e. The zero-order valence-electron chi connectivity index (χ0n) is 20.1. The number of thiophene rings is 1. The van der Waals surface area contributed by atoms with Crippen molar-refractivity contribution in [2.45, 2.75) is 57.3 Å². The molecule has 1 aliphatic rings. The third-order valence-electron chi connectivity index (χ3n) is 6.37. The molecule has 0 unspecified atom stereocenters. The van der Waals surface area contributed by atoms with Gasteiger partial charge in [0.05, 0.1) is 17.7 Å². The quantitative estimate of drug-likeness (QED) is 0.232. The lowest BCUT2D eigenvalue weighted by Crippen LogP contribution is -2.38. The van der Waals surface area contributed by atoms with Crippen molar-refractivity contribution in [3.8, 4) is 0 Å². The summed E-state index contributed by atoms with van der Waals surface area (Å²) in [6.07, 6.45) is 4.25.